The van der Waals surface area contributed by atoms with Crippen LogP contribution in [0.25, 0.3) is 23.3 Å². The Balaban J connectivity index is 0.00000208. The van der Waals surface area contributed by atoms with Crippen molar-refractivity contribution in [2.24, 2.45) is 0 Å². The number of phenolic OH excluding ortho intramolecular Hbond substituents is 2. The molecule has 0 atom stereocenters. The minimum Gasteiger partial charge on any atom is -0.508 e. The topological polar surface area (TPSA) is 78.5 Å². The Labute approximate surface area is 140 Å². The van der Waals surface area contributed by atoms with Gasteiger partial charge in [0.25, 0.3) is 0 Å². The van der Waals surface area contributed by atoms with E-state index in [9.17, 15) is 10.2 Å². The standard InChI is InChI=1S/C18H16N2O3.CH4/c1-19-13-7-6-12(16(22)10-13)4-2-3-5-18-20-15-9-8-14(21)11-17(15)23-18;/h2-11,19,21-22H,1H3;1H4/b4-2+,5-3+;. The molecule has 0 unspecified atom stereocenters. The summed E-state index contributed by atoms with van der Waals surface area (Å²) in [5, 5.41) is 22.3. The van der Waals surface area contributed by atoms with Crippen LogP contribution in [0.5, 0.6) is 11.5 Å². The van der Waals surface area contributed by atoms with E-state index in [1.54, 1.807) is 49.6 Å². The van der Waals surface area contributed by atoms with Gasteiger partial charge < -0.3 is 19.9 Å². The van der Waals surface area contributed by atoms with Crippen molar-refractivity contribution in [3.8, 4) is 11.5 Å². The van der Waals surface area contributed by atoms with Crippen molar-refractivity contribution in [2.75, 3.05) is 12.4 Å². The number of rotatable bonds is 4. The Morgan fingerprint density at radius 1 is 1.04 bits per heavy atom. The SMILES string of the molecule is C.CNc1ccc(/C=C/C=C/c2nc3ccc(O)cc3o2)c(O)c1. The van der Waals surface area contributed by atoms with Crippen LogP contribution in [0.15, 0.2) is 53.0 Å². The van der Waals surface area contributed by atoms with Crippen molar-refractivity contribution in [2.45, 2.75) is 7.43 Å². The lowest BCUT2D eigenvalue weighted by Crippen LogP contribution is -1.87. The normalized spacial score (nSPS) is 11.2. The van der Waals surface area contributed by atoms with Crippen molar-refractivity contribution in [3.05, 3.63) is 60.0 Å². The lowest BCUT2D eigenvalue weighted by atomic mass is 10.1. The number of oxazole rings is 1. The van der Waals surface area contributed by atoms with Gasteiger partial charge in [-0.15, -0.1) is 0 Å². The van der Waals surface area contributed by atoms with E-state index in [2.05, 4.69) is 10.3 Å². The molecule has 3 rings (SSSR count). The summed E-state index contributed by atoms with van der Waals surface area (Å²) in [6.45, 7) is 0. The van der Waals surface area contributed by atoms with Crippen molar-refractivity contribution in [1.82, 2.24) is 4.98 Å². The molecule has 5 nitrogen and oxygen atoms in total. The van der Waals surface area contributed by atoms with Crippen LogP contribution in [0, 0.1) is 0 Å². The molecule has 124 valence electrons. The van der Waals surface area contributed by atoms with E-state index in [4.69, 9.17) is 4.42 Å². The maximum Gasteiger partial charge on any atom is 0.219 e. The smallest absolute Gasteiger partial charge is 0.219 e. The highest BCUT2D eigenvalue weighted by molar-refractivity contribution is 5.75. The summed E-state index contributed by atoms with van der Waals surface area (Å²) in [6.07, 6.45) is 7.07. The number of benzene rings is 2. The van der Waals surface area contributed by atoms with E-state index < -0.39 is 0 Å². The van der Waals surface area contributed by atoms with Crippen molar-refractivity contribution in [3.63, 3.8) is 0 Å². The maximum atomic E-state index is 9.89. The van der Waals surface area contributed by atoms with Crippen LogP contribution < -0.4 is 5.32 Å². The molecule has 0 fully saturated rings. The van der Waals surface area contributed by atoms with Crippen molar-refractivity contribution in [1.29, 1.82) is 0 Å². The van der Waals surface area contributed by atoms with E-state index in [1.807, 2.05) is 12.1 Å². The van der Waals surface area contributed by atoms with Crippen LogP contribution in [0.2, 0.25) is 0 Å². The molecule has 0 amide bonds. The van der Waals surface area contributed by atoms with Gasteiger partial charge in [-0.3, -0.25) is 0 Å². The number of fused-ring (bicyclic) bond motifs is 1. The Hall–Kier alpha value is -3.21. The summed E-state index contributed by atoms with van der Waals surface area (Å²) in [5.41, 5.74) is 2.79. The molecule has 1 aromatic heterocycles. The van der Waals surface area contributed by atoms with Crippen molar-refractivity contribution < 1.29 is 14.6 Å². The number of aromatic hydroxyl groups is 2. The maximum absolute atomic E-state index is 9.89. The monoisotopic (exact) mass is 324 g/mol. The van der Waals surface area contributed by atoms with E-state index in [0.29, 0.717) is 17.0 Å². The van der Waals surface area contributed by atoms with E-state index in [-0.39, 0.29) is 18.9 Å². The van der Waals surface area contributed by atoms with Crippen LogP contribution in [-0.2, 0) is 0 Å². The minimum absolute atomic E-state index is 0. The van der Waals surface area contributed by atoms with Crippen LogP contribution in [0.3, 0.4) is 0 Å². The molecule has 2 aromatic carbocycles. The fourth-order valence-corrected chi connectivity index (χ4v) is 2.14. The third kappa shape index (κ3) is 3.76. The molecule has 1 heterocycles. The molecule has 0 aliphatic rings. The third-order valence-electron chi connectivity index (χ3n) is 3.33. The summed E-state index contributed by atoms with van der Waals surface area (Å²) < 4.78 is 5.51. The first-order chi connectivity index (χ1) is 11.2. The van der Waals surface area contributed by atoms with Crippen LogP contribution in [-0.4, -0.2) is 22.2 Å². The average molecular weight is 324 g/mol. The molecule has 3 N–H and O–H groups in total. The highest BCUT2D eigenvalue weighted by atomic mass is 16.3. The summed E-state index contributed by atoms with van der Waals surface area (Å²) in [6, 6.07) is 10.2. The summed E-state index contributed by atoms with van der Waals surface area (Å²) in [4.78, 5) is 4.28. The number of nitrogens with one attached hydrogen (secondary N) is 1. The van der Waals surface area contributed by atoms with Gasteiger partial charge in [-0.1, -0.05) is 25.7 Å². The fraction of sp³-hybridized carbons (Fsp3) is 0.105. The first-order valence-electron chi connectivity index (χ1n) is 7.11. The van der Waals surface area contributed by atoms with E-state index in [0.717, 1.165) is 11.3 Å². The molecule has 0 aliphatic heterocycles. The molecule has 0 aliphatic carbocycles. The first-order valence-corrected chi connectivity index (χ1v) is 7.11. The fourth-order valence-electron chi connectivity index (χ4n) is 2.14. The molecule has 24 heavy (non-hydrogen) atoms. The van der Waals surface area contributed by atoms with Crippen LogP contribution in [0.4, 0.5) is 5.69 Å². The van der Waals surface area contributed by atoms with Crippen molar-refractivity contribution >= 4 is 28.9 Å². The van der Waals surface area contributed by atoms with Gasteiger partial charge in [0.05, 0.1) is 0 Å². The Morgan fingerprint density at radius 2 is 1.83 bits per heavy atom. The van der Waals surface area contributed by atoms with Gasteiger partial charge in [0, 0.05) is 36.5 Å². The summed E-state index contributed by atoms with van der Waals surface area (Å²) >= 11 is 0. The highest BCUT2D eigenvalue weighted by Crippen LogP contribution is 2.23. The Morgan fingerprint density at radius 3 is 2.58 bits per heavy atom. The number of phenols is 2. The Kier molecular flexibility index (Phi) is 5.27. The zero-order valence-corrected chi connectivity index (χ0v) is 12.5. The van der Waals surface area contributed by atoms with E-state index in [1.165, 1.54) is 6.07 Å². The lowest BCUT2D eigenvalue weighted by Gasteiger charge is -2.02. The average Bonchev–Trinajstić information content (AvgIpc) is 2.94. The second-order valence-corrected chi connectivity index (χ2v) is 4.95. The van der Waals surface area contributed by atoms with Crippen LogP contribution >= 0.6 is 0 Å². The molecule has 0 spiro atoms. The molecule has 0 radical (unpaired) electrons. The summed E-state index contributed by atoms with van der Waals surface area (Å²) in [5.74, 6) is 0.799. The molecule has 0 saturated carbocycles. The molecular formula is C19H20N2O3. The van der Waals surface area contributed by atoms with Crippen LogP contribution in [0.1, 0.15) is 18.9 Å². The number of hydrogen-bond acceptors (Lipinski definition) is 5. The van der Waals surface area contributed by atoms with Gasteiger partial charge in [-0.25, -0.2) is 4.98 Å². The quantitative estimate of drug-likeness (QED) is 0.609. The van der Waals surface area contributed by atoms with Gasteiger partial charge in [-0.05, 0) is 24.3 Å². The molecule has 3 aromatic rings. The lowest BCUT2D eigenvalue weighted by molar-refractivity contribution is 0.473. The van der Waals surface area contributed by atoms with Gasteiger partial charge in [0.2, 0.25) is 5.89 Å². The predicted molar refractivity (Wildman–Crippen MR) is 98.1 cm³/mol. The number of allylic oxidation sites excluding steroid dienone is 2. The van der Waals surface area contributed by atoms with Gasteiger partial charge >= 0.3 is 0 Å². The first kappa shape index (κ1) is 17.1. The summed E-state index contributed by atoms with van der Waals surface area (Å²) in [7, 11) is 1.80. The number of nitrogens with zero attached hydrogens (tertiary/aromatic N) is 1. The molecule has 0 saturated heterocycles. The third-order valence-corrected chi connectivity index (χ3v) is 3.33. The zero-order valence-electron chi connectivity index (χ0n) is 12.5. The largest absolute Gasteiger partial charge is 0.508 e. The highest BCUT2D eigenvalue weighted by Gasteiger charge is 2.03. The number of anilines is 1. The molecule has 5 heteroatoms. The predicted octanol–water partition coefficient (Wildman–Crippen LogP) is 4.64. The second kappa shape index (κ2) is 7.37. The molecule has 0 bridgehead atoms. The van der Waals surface area contributed by atoms with Gasteiger partial charge in [0.1, 0.15) is 17.0 Å². The number of hydrogen-bond donors (Lipinski definition) is 3. The zero-order chi connectivity index (χ0) is 16.2. The van der Waals surface area contributed by atoms with Gasteiger partial charge in [-0.2, -0.15) is 0 Å². The van der Waals surface area contributed by atoms with E-state index >= 15 is 0 Å². The Bertz CT molecular complexity index is 895. The van der Waals surface area contributed by atoms with Gasteiger partial charge in [0.15, 0.2) is 5.58 Å². The number of aromatic nitrogens is 1. The minimum atomic E-state index is 0. The molecular weight excluding hydrogens is 304 g/mol. The second-order valence-electron chi connectivity index (χ2n) is 4.95.